The Morgan fingerprint density at radius 1 is 1.21 bits per heavy atom. The first kappa shape index (κ1) is 21.3. The van der Waals surface area contributed by atoms with Gasteiger partial charge < -0.3 is 10.6 Å². The number of fused-ring (bicyclic) bond motifs is 1. The lowest BCUT2D eigenvalue weighted by molar-refractivity contribution is -0.123. The van der Waals surface area contributed by atoms with Crippen LogP contribution in [0, 0.1) is 5.92 Å². The van der Waals surface area contributed by atoms with Crippen molar-refractivity contribution in [1.29, 1.82) is 0 Å². The van der Waals surface area contributed by atoms with Gasteiger partial charge in [-0.3, -0.25) is 9.59 Å². The highest BCUT2D eigenvalue weighted by Gasteiger charge is 2.18. The molecule has 1 aromatic carbocycles. The number of rotatable bonds is 8. The lowest BCUT2D eigenvalue weighted by Gasteiger charge is -2.08. The summed E-state index contributed by atoms with van der Waals surface area (Å²) >= 11 is 7.55. The predicted molar refractivity (Wildman–Crippen MR) is 118 cm³/mol. The molecule has 0 atom stereocenters. The molecule has 3 rings (SSSR count). The molecule has 2 aromatic heterocycles. The molecule has 2 amide bonds. The van der Waals surface area contributed by atoms with Crippen LogP contribution in [-0.2, 0) is 11.2 Å². The second-order valence-corrected chi connectivity index (χ2v) is 8.54. The Bertz CT molecular complexity index is 1030. The van der Waals surface area contributed by atoms with E-state index < -0.39 is 0 Å². The summed E-state index contributed by atoms with van der Waals surface area (Å²) in [7, 11) is 0. The Morgan fingerprint density at radius 2 is 1.97 bits per heavy atom. The van der Waals surface area contributed by atoms with Crippen molar-refractivity contribution in [1.82, 2.24) is 20.4 Å². The molecule has 154 valence electrons. The quantitative estimate of drug-likeness (QED) is 0.524. The van der Waals surface area contributed by atoms with Crippen molar-refractivity contribution in [3.05, 3.63) is 45.9 Å². The summed E-state index contributed by atoms with van der Waals surface area (Å²) < 4.78 is 1.85. The van der Waals surface area contributed by atoms with Crippen molar-refractivity contribution >= 4 is 45.0 Å². The standard InChI is InChI=1S/C21H25ClN4O2S/c1-4-17-16-12-18(20(28)24-10-6-9-23-19(27)13(2)3)29-21(16)26(25-17)15-8-5-7-14(22)11-15/h5,7-8,11-13H,4,6,9-10H2,1-3H3,(H,23,27)(H,24,28). The Hall–Kier alpha value is -2.38. The molecule has 0 aliphatic heterocycles. The molecular weight excluding hydrogens is 408 g/mol. The normalized spacial score (nSPS) is 11.2. The van der Waals surface area contributed by atoms with Gasteiger partial charge in [0.05, 0.1) is 16.3 Å². The van der Waals surface area contributed by atoms with Crippen molar-refractivity contribution in [2.75, 3.05) is 13.1 Å². The highest BCUT2D eigenvalue weighted by atomic mass is 35.5. The zero-order valence-corrected chi connectivity index (χ0v) is 18.4. The number of nitrogens with zero attached hydrogens (tertiary/aromatic N) is 2. The van der Waals surface area contributed by atoms with Gasteiger partial charge in [0.15, 0.2) is 0 Å². The van der Waals surface area contributed by atoms with Gasteiger partial charge in [0.2, 0.25) is 5.91 Å². The van der Waals surface area contributed by atoms with Gasteiger partial charge in [-0.05, 0) is 37.1 Å². The molecule has 0 radical (unpaired) electrons. The fourth-order valence-corrected chi connectivity index (χ4v) is 4.17. The number of halogens is 1. The van der Waals surface area contributed by atoms with E-state index in [9.17, 15) is 9.59 Å². The van der Waals surface area contributed by atoms with Gasteiger partial charge in [-0.2, -0.15) is 5.10 Å². The van der Waals surface area contributed by atoms with Crippen molar-refractivity contribution < 1.29 is 9.59 Å². The lowest BCUT2D eigenvalue weighted by Crippen LogP contribution is -2.31. The molecule has 2 N–H and O–H groups in total. The van der Waals surface area contributed by atoms with Crippen LogP contribution in [0.1, 0.15) is 42.6 Å². The van der Waals surface area contributed by atoms with E-state index in [1.54, 1.807) is 0 Å². The molecule has 0 bridgehead atoms. The Labute approximate surface area is 179 Å². The molecule has 2 heterocycles. The van der Waals surface area contributed by atoms with Crippen LogP contribution in [-0.4, -0.2) is 34.7 Å². The summed E-state index contributed by atoms with van der Waals surface area (Å²) in [4.78, 5) is 25.7. The fraction of sp³-hybridized carbons (Fsp3) is 0.381. The monoisotopic (exact) mass is 432 g/mol. The minimum atomic E-state index is -0.110. The van der Waals surface area contributed by atoms with E-state index in [0.717, 1.165) is 28.0 Å². The molecule has 0 spiro atoms. The maximum atomic E-state index is 12.6. The third-order valence-electron chi connectivity index (χ3n) is 4.51. The van der Waals surface area contributed by atoms with E-state index in [-0.39, 0.29) is 17.7 Å². The molecule has 0 aliphatic rings. The third-order valence-corrected chi connectivity index (χ3v) is 5.86. The van der Waals surface area contributed by atoms with Crippen LogP contribution in [0.2, 0.25) is 5.02 Å². The largest absolute Gasteiger partial charge is 0.356 e. The molecule has 0 fully saturated rings. The highest BCUT2D eigenvalue weighted by molar-refractivity contribution is 7.20. The van der Waals surface area contributed by atoms with Crippen molar-refractivity contribution in [2.45, 2.75) is 33.6 Å². The fourth-order valence-electron chi connectivity index (χ4n) is 2.91. The van der Waals surface area contributed by atoms with Crippen molar-refractivity contribution in [3.63, 3.8) is 0 Å². The SMILES string of the molecule is CCc1nn(-c2cccc(Cl)c2)c2sc(C(=O)NCCCNC(=O)C(C)C)cc12. The van der Waals surface area contributed by atoms with E-state index in [0.29, 0.717) is 29.4 Å². The maximum Gasteiger partial charge on any atom is 0.261 e. The number of hydrogen-bond acceptors (Lipinski definition) is 4. The van der Waals surface area contributed by atoms with Gasteiger partial charge in [-0.25, -0.2) is 4.68 Å². The number of amides is 2. The summed E-state index contributed by atoms with van der Waals surface area (Å²) in [5, 5.41) is 12.1. The third kappa shape index (κ3) is 4.97. The number of thiophene rings is 1. The summed E-state index contributed by atoms with van der Waals surface area (Å²) in [6, 6.07) is 9.42. The second-order valence-electron chi connectivity index (χ2n) is 7.08. The van der Waals surface area contributed by atoms with E-state index >= 15 is 0 Å². The maximum absolute atomic E-state index is 12.6. The van der Waals surface area contributed by atoms with Crippen LogP contribution >= 0.6 is 22.9 Å². The van der Waals surface area contributed by atoms with Crippen LogP contribution in [0.5, 0.6) is 0 Å². The van der Waals surface area contributed by atoms with Crippen LogP contribution in [0.4, 0.5) is 0 Å². The first-order valence-electron chi connectivity index (χ1n) is 9.74. The van der Waals surface area contributed by atoms with Crippen LogP contribution in [0.25, 0.3) is 15.9 Å². The number of hydrogen-bond donors (Lipinski definition) is 2. The van der Waals surface area contributed by atoms with E-state index in [2.05, 4.69) is 10.6 Å². The summed E-state index contributed by atoms with van der Waals surface area (Å²) in [6.07, 6.45) is 1.46. The van der Waals surface area contributed by atoms with Crippen molar-refractivity contribution in [2.24, 2.45) is 5.92 Å². The van der Waals surface area contributed by atoms with E-state index in [1.807, 2.05) is 55.8 Å². The number of carbonyl (C=O) groups excluding carboxylic acids is 2. The number of carbonyl (C=O) groups is 2. The minimum Gasteiger partial charge on any atom is -0.356 e. The Morgan fingerprint density at radius 3 is 2.66 bits per heavy atom. The molecule has 0 unspecified atom stereocenters. The van der Waals surface area contributed by atoms with E-state index in [4.69, 9.17) is 16.7 Å². The van der Waals surface area contributed by atoms with Gasteiger partial charge in [0.25, 0.3) is 5.91 Å². The zero-order valence-electron chi connectivity index (χ0n) is 16.8. The number of aromatic nitrogens is 2. The van der Waals surface area contributed by atoms with Crippen LogP contribution in [0.3, 0.4) is 0 Å². The summed E-state index contributed by atoms with van der Waals surface area (Å²) in [6.45, 7) is 6.81. The minimum absolute atomic E-state index is 0.0264. The topological polar surface area (TPSA) is 76.0 Å². The average molecular weight is 433 g/mol. The smallest absolute Gasteiger partial charge is 0.261 e. The summed E-state index contributed by atoms with van der Waals surface area (Å²) in [5.74, 6) is -0.116. The highest BCUT2D eigenvalue weighted by Crippen LogP contribution is 2.31. The molecule has 6 nitrogen and oxygen atoms in total. The molecule has 8 heteroatoms. The predicted octanol–water partition coefficient (Wildman–Crippen LogP) is 4.19. The zero-order chi connectivity index (χ0) is 21.0. The first-order valence-corrected chi connectivity index (χ1v) is 10.9. The van der Waals surface area contributed by atoms with Gasteiger partial charge in [-0.1, -0.05) is 38.4 Å². The molecule has 29 heavy (non-hydrogen) atoms. The number of benzene rings is 1. The molecule has 3 aromatic rings. The average Bonchev–Trinajstić information content (AvgIpc) is 3.26. The molecule has 0 aliphatic carbocycles. The van der Waals surface area contributed by atoms with Crippen LogP contribution in [0.15, 0.2) is 30.3 Å². The van der Waals surface area contributed by atoms with Gasteiger partial charge in [-0.15, -0.1) is 11.3 Å². The molecular formula is C21H25ClN4O2S. The Kier molecular flexibility index (Phi) is 6.92. The second kappa shape index (κ2) is 9.41. The van der Waals surface area contributed by atoms with Gasteiger partial charge in [0, 0.05) is 29.4 Å². The van der Waals surface area contributed by atoms with Gasteiger partial charge >= 0.3 is 0 Å². The van der Waals surface area contributed by atoms with Crippen molar-refractivity contribution in [3.8, 4) is 5.69 Å². The number of aryl methyl sites for hydroxylation is 1. The lowest BCUT2D eigenvalue weighted by atomic mass is 10.2. The van der Waals surface area contributed by atoms with Gasteiger partial charge in [0.1, 0.15) is 4.83 Å². The summed E-state index contributed by atoms with van der Waals surface area (Å²) in [5.41, 5.74) is 1.82. The molecule has 0 saturated heterocycles. The number of nitrogens with one attached hydrogen (secondary N) is 2. The Balaban J connectivity index is 1.70. The molecule has 0 saturated carbocycles. The van der Waals surface area contributed by atoms with E-state index in [1.165, 1.54) is 11.3 Å². The first-order chi connectivity index (χ1) is 13.9. The van der Waals surface area contributed by atoms with Crippen LogP contribution < -0.4 is 10.6 Å².